The Morgan fingerprint density at radius 3 is 2.47 bits per heavy atom. The molecule has 0 radical (unpaired) electrons. The molecule has 166 valence electrons. The topological polar surface area (TPSA) is 95.7 Å². The molecule has 32 heavy (non-hydrogen) atoms. The van der Waals surface area contributed by atoms with Crippen LogP contribution >= 0.6 is 11.3 Å². The van der Waals surface area contributed by atoms with E-state index in [4.69, 9.17) is 4.74 Å². The van der Waals surface area contributed by atoms with Crippen molar-refractivity contribution in [3.8, 4) is 16.9 Å². The zero-order valence-corrected chi connectivity index (χ0v) is 18.2. The maximum Gasteiger partial charge on any atom is 0.319 e. The van der Waals surface area contributed by atoms with Crippen molar-refractivity contribution in [1.82, 2.24) is 0 Å². The number of hydrogen-bond donors (Lipinski definition) is 0. The molecule has 0 bridgehead atoms. The van der Waals surface area contributed by atoms with Gasteiger partial charge in [-0.2, -0.15) is 0 Å². The lowest BCUT2D eigenvalue weighted by Crippen LogP contribution is -2.27. The van der Waals surface area contributed by atoms with Gasteiger partial charge in [-0.15, -0.1) is 21.5 Å². The number of thiophene rings is 1. The number of nitrogens with zero attached hydrogens (tertiary/aromatic N) is 1. The van der Waals surface area contributed by atoms with Crippen molar-refractivity contribution in [3.05, 3.63) is 63.3 Å². The van der Waals surface area contributed by atoms with Gasteiger partial charge in [0.1, 0.15) is 18.2 Å². The van der Waals surface area contributed by atoms with E-state index >= 15 is 0 Å². The first kappa shape index (κ1) is 21.9. The smallest absolute Gasteiger partial charge is 0.319 e. The van der Waals surface area contributed by atoms with Crippen molar-refractivity contribution < 1.29 is 28.6 Å². The Kier molecular flexibility index (Phi) is 5.68. The monoisotopic (exact) mass is 457 g/mol. The normalized spacial score (nSPS) is 14.4. The quantitative estimate of drug-likeness (QED) is 0.147. The molecule has 4 rings (SSSR count). The van der Waals surface area contributed by atoms with Crippen molar-refractivity contribution in [2.24, 2.45) is 11.3 Å². The third-order valence-corrected chi connectivity index (χ3v) is 6.65. The van der Waals surface area contributed by atoms with Crippen molar-refractivity contribution >= 4 is 33.2 Å². The molecule has 0 spiro atoms. The minimum absolute atomic E-state index is 0.0297. The standard InChI is InChI=1S/C23H20FNO6S/c1-13(2)20(26)21-19(14-3-5-15(24)6-4-14)17-8-7-16(11-18(17)32-21)31-22(27)23(9-10-23)12-30-25(28)29/h3-8,11,13H,9-10,12H2,1-2H3. The van der Waals surface area contributed by atoms with Gasteiger partial charge in [0, 0.05) is 21.6 Å². The Morgan fingerprint density at radius 2 is 1.88 bits per heavy atom. The lowest BCUT2D eigenvalue weighted by Gasteiger charge is -2.13. The highest BCUT2D eigenvalue weighted by atomic mass is 32.1. The summed E-state index contributed by atoms with van der Waals surface area (Å²) in [5.41, 5.74) is 0.454. The van der Waals surface area contributed by atoms with E-state index in [1.807, 2.05) is 13.8 Å². The number of ketones is 1. The van der Waals surface area contributed by atoms with Gasteiger partial charge >= 0.3 is 5.97 Å². The molecular formula is C23H20FNO6S. The number of fused-ring (bicyclic) bond motifs is 1. The number of Topliss-reactive ketones (excluding diaryl/α,β-unsaturated/α-hetero) is 1. The minimum Gasteiger partial charge on any atom is -0.426 e. The van der Waals surface area contributed by atoms with E-state index < -0.39 is 16.5 Å². The van der Waals surface area contributed by atoms with Gasteiger partial charge in [-0.25, -0.2) is 4.39 Å². The molecular weight excluding hydrogens is 437 g/mol. The molecule has 1 fully saturated rings. The second kappa shape index (κ2) is 8.31. The predicted molar refractivity (Wildman–Crippen MR) is 117 cm³/mol. The van der Waals surface area contributed by atoms with Gasteiger partial charge in [0.25, 0.3) is 5.09 Å². The molecule has 1 aliphatic carbocycles. The molecule has 3 aromatic rings. The summed E-state index contributed by atoms with van der Waals surface area (Å²) < 4.78 is 19.7. The Labute approximate surface area is 186 Å². The van der Waals surface area contributed by atoms with Crippen LogP contribution in [0.15, 0.2) is 42.5 Å². The average Bonchev–Trinajstić information content (AvgIpc) is 3.46. The highest BCUT2D eigenvalue weighted by molar-refractivity contribution is 7.21. The van der Waals surface area contributed by atoms with Crippen LogP contribution in [0.4, 0.5) is 4.39 Å². The third kappa shape index (κ3) is 4.20. The van der Waals surface area contributed by atoms with Crippen LogP contribution in [0, 0.1) is 27.3 Å². The SMILES string of the molecule is CC(C)C(=O)c1sc2cc(OC(=O)C3(CO[N+](=O)[O-])CC3)ccc2c1-c1ccc(F)cc1. The summed E-state index contributed by atoms with van der Waals surface area (Å²) in [7, 11) is 0. The molecule has 9 heteroatoms. The molecule has 1 aliphatic rings. The Bertz CT molecular complexity index is 1210. The number of carbonyl (C=O) groups excluding carboxylic acids is 2. The summed E-state index contributed by atoms with van der Waals surface area (Å²) in [6.45, 7) is 3.30. The molecule has 0 N–H and O–H groups in total. The number of carbonyl (C=O) groups is 2. The van der Waals surface area contributed by atoms with Gasteiger partial charge in [0.2, 0.25) is 0 Å². The predicted octanol–water partition coefficient (Wildman–Crippen LogP) is 5.44. The molecule has 0 amide bonds. The number of halogens is 1. The third-order valence-electron chi connectivity index (χ3n) is 5.49. The van der Waals surface area contributed by atoms with Gasteiger partial charge in [-0.1, -0.05) is 26.0 Å². The summed E-state index contributed by atoms with van der Waals surface area (Å²) >= 11 is 1.29. The molecule has 7 nitrogen and oxygen atoms in total. The minimum atomic E-state index is -0.991. The van der Waals surface area contributed by atoms with Crippen LogP contribution in [-0.4, -0.2) is 23.4 Å². The summed E-state index contributed by atoms with van der Waals surface area (Å²) in [5, 5.41) is 10.3. The molecule has 2 aromatic carbocycles. The van der Waals surface area contributed by atoms with E-state index in [9.17, 15) is 24.1 Å². The van der Waals surface area contributed by atoms with Crippen LogP contribution in [0.1, 0.15) is 36.4 Å². The number of hydrogen-bond acceptors (Lipinski definition) is 7. The fourth-order valence-electron chi connectivity index (χ4n) is 3.43. The second-order valence-corrected chi connectivity index (χ2v) is 9.21. The summed E-state index contributed by atoms with van der Waals surface area (Å²) in [5.74, 6) is -0.916. The molecule has 0 unspecified atom stereocenters. The Morgan fingerprint density at radius 1 is 1.19 bits per heavy atom. The molecule has 0 aliphatic heterocycles. The van der Waals surface area contributed by atoms with Crippen LogP contribution in [-0.2, 0) is 9.63 Å². The largest absolute Gasteiger partial charge is 0.426 e. The van der Waals surface area contributed by atoms with Crippen molar-refractivity contribution in [1.29, 1.82) is 0 Å². The Hall–Kier alpha value is -3.33. The fourth-order valence-corrected chi connectivity index (χ4v) is 4.77. The second-order valence-electron chi connectivity index (χ2n) is 8.16. The van der Waals surface area contributed by atoms with Crippen LogP contribution in [0.2, 0.25) is 0 Å². The molecule has 1 aromatic heterocycles. The number of esters is 1. The lowest BCUT2D eigenvalue weighted by molar-refractivity contribution is -0.759. The van der Waals surface area contributed by atoms with Gasteiger partial charge in [-0.3, -0.25) is 9.59 Å². The van der Waals surface area contributed by atoms with Gasteiger partial charge in [0.15, 0.2) is 5.78 Å². The highest BCUT2D eigenvalue weighted by Gasteiger charge is 2.52. The van der Waals surface area contributed by atoms with Gasteiger partial charge in [0.05, 0.1) is 10.3 Å². The fraction of sp³-hybridized carbons (Fsp3) is 0.304. The number of benzene rings is 2. The number of ether oxygens (including phenoxy) is 1. The van der Waals surface area contributed by atoms with E-state index in [1.165, 1.54) is 23.5 Å². The van der Waals surface area contributed by atoms with Crippen LogP contribution in [0.3, 0.4) is 0 Å². The highest BCUT2D eigenvalue weighted by Crippen LogP contribution is 2.47. The maximum atomic E-state index is 13.4. The maximum absolute atomic E-state index is 13.4. The first-order valence-corrected chi connectivity index (χ1v) is 10.9. The zero-order valence-electron chi connectivity index (χ0n) is 17.4. The summed E-state index contributed by atoms with van der Waals surface area (Å²) in [4.78, 5) is 40.8. The first-order chi connectivity index (χ1) is 15.2. The first-order valence-electron chi connectivity index (χ1n) is 10.1. The summed E-state index contributed by atoms with van der Waals surface area (Å²) in [6, 6.07) is 11.0. The van der Waals surface area contributed by atoms with Crippen molar-refractivity contribution in [3.63, 3.8) is 0 Å². The Balaban J connectivity index is 1.69. The van der Waals surface area contributed by atoms with Crippen LogP contribution in [0.25, 0.3) is 21.2 Å². The molecule has 1 heterocycles. The van der Waals surface area contributed by atoms with E-state index in [-0.39, 0.29) is 29.9 Å². The van der Waals surface area contributed by atoms with Crippen molar-refractivity contribution in [2.45, 2.75) is 26.7 Å². The van der Waals surface area contributed by atoms with E-state index in [2.05, 4.69) is 4.84 Å². The van der Waals surface area contributed by atoms with Crippen molar-refractivity contribution in [2.75, 3.05) is 6.61 Å². The van der Waals surface area contributed by atoms with Crippen LogP contribution in [0.5, 0.6) is 5.75 Å². The van der Waals surface area contributed by atoms with E-state index in [0.717, 1.165) is 21.2 Å². The lowest BCUT2D eigenvalue weighted by atomic mass is 9.97. The van der Waals surface area contributed by atoms with E-state index in [0.29, 0.717) is 17.7 Å². The van der Waals surface area contributed by atoms with Gasteiger partial charge < -0.3 is 9.57 Å². The van der Waals surface area contributed by atoms with Gasteiger partial charge in [-0.05, 0) is 48.7 Å². The zero-order chi connectivity index (χ0) is 23.0. The molecule has 0 atom stereocenters. The van der Waals surface area contributed by atoms with Crippen LogP contribution < -0.4 is 4.74 Å². The van der Waals surface area contributed by atoms with E-state index in [1.54, 1.807) is 30.3 Å². The average molecular weight is 457 g/mol. The molecule has 0 saturated heterocycles. The number of rotatable bonds is 8. The molecule has 1 saturated carbocycles. The summed E-state index contributed by atoms with van der Waals surface area (Å²) in [6.07, 6.45) is 0.922.